The molecule has 0 spiro atoms. The van der Waals surface area contributed by atoms with Gasteiger partial charge in [-0.25, -0.2) is 0 Å². The van der Waals surface area contributed by atoms with Crippen molar-refractivity contribution in [2.24, 2.45) is 0 Å². The third-order valence-electron chi connectivity index (χ3n) is 3.29. The second-order valence-corrected chi connectivity index (χ2v) is 4.84. The molecule has 0 radical (unpaired) electrons. The van der Waals surface area contributed by atoms with Gasteiger partial charge >= 0.3 is 0 Å². The van der Waals surface area contributed by atoms with Crippen molar-refractivity contribution >= 4 is 5.69 Å². The normalized spacial score (nSPS) is 10.5. The molecule has 1 aromatic carbocycles. The third kappa shape index (κ3) is 3.91. The number of hydrogen-bond acceptors (Lipinski definition) is 3. The van der Waals surface area contributed by atoms with E-state index in [1.54, 1.807) is 7.11 Å². The summed E-state index contributed by atoms with van der Waals surface area (Å²) in [7, 11) is 5.89. The molecule has 1 N–H and O–H groups in total. The lowest BCUT2D eigenvalue weighted by molar-refractivity contribution is 0.411. The third-order valence-corrected chi connectivity index (χ3v) is 3.29. The fourth-order valence-corrected chi connectivity index (χ4v) is 2.18. The van der Waals surface area contributed by atoms with Crippen LogP contribution in [-0.4, -0.2) is 34.3 Å². The maximum atomic E-state index is 5.35. The van der Waals surface area contributed by atoms with Gasteiger partial charge in [0.05, 0.1) is 7.11 Å². The molecule has 102 valence electrons. The van der Waals surface area contributed by atoms with Gasteiger partial charge in [0.25, 0.3) is 0 Å². The SMILES string of the molecule is CNCCCCN(C)c1cc(C)c(OC)cc1C. The van der Waals surface area contributed by atoms with Crippen molar-refractivity contribution in [1.82, 2.24) is 5.32 Å². The summed E-state index contributed by atoms with van der Waals surface area (Å²) in [5, 5.41) is 3.18. The number of unbranched alkanes of at least 4 members (excludes halogenated alkanes) is 1. The van der Waals surface area contributed by atoms with Gasteiger partial charge in [-0.3, -0.25) is 0 Å². The van der Waals surface area contributed by atoms with Crippen molar-refractivity contribution in [2.75, 3.05) is 39.2 Å². The van der Waals surface area contributed by atoms with Gasteiger partial charge in [-0.05, 0) is 63.5 Å². The zero-order valence-corrected chi connectivity index (χ0v) is 12.3. The Morgan fingerprint density at radius 1 is 1.17 bits per heavy atom. The van der Waals surface area contributed by atoms with Crippen LogP contribution in [0.5, 0.6) is 5.75 Å². The van der Waals surface area contributed by atoms with E-state index in [1.165, 1.54) is 29.7 Å². The Kier molecular flexibility index (Phi) is 5.99. The molecule has 0 bridgehead atoms. The van der Waals surface area contributed by atoms with Gasteiger partial charge in [-0.2, -0.15) is 0 Å². The summed E-state index contributed by atoms with van der Waals surface area (Å²) in [5.74, 6) is 0.972. The van der Waals surface area contributed by atoms with Gasteiger partial charge in [0.2, 0.25) is 0 Å². The predicted octanol–water partition coefficient (Wildman–Crippen LogP) is 2.75. The van der Waals surface area contributed by atoms with Crippen LogP contribution >= 0.6 is 0 Å². The molecule has 18 heavy (non-hydrogen) atoms. The quantitative estimate of drug-likeness (QED) is 0.753. The summed E-state index contributed by atoms with van der Waals surface area (Å²) in [6, 6.07) is 4.33. The topological polar surface area (TPSA) is 24.5 Å². The molecular weight excluding hydrogens is 224 g/mol. The summed E-state index contributed by atoms with van der Waals surface area (Å²) < 4.78 is 5.35. The van der Waals surface area contributed by atoms with Crippen LogP contribution in [0.15, 0.2) is 12.1 Å². The predicted molar refractivity (Wildman–Crippen MR) is 78.9 cm³/mol. The van der Waals surface area contributed by atoms with Crippen LogP contribution in [0.4, 0.5) is 5.69 Å². The van der Waals surface area contributed by atoms with E-state index in [0.29, 0.717) is 0 Å². The molecule has 0 amide bonds. The molecule has 3 heteroatoms. The number of ether oxygens (including phenoxy) is 1. The Hall–Kier alpha value is -1.22. The summed E-state index contributed by atoms with van der Waals surface area (Å²) in [6.45, 7) is 6.42. The van der Waals surface area contributed by atoms with Crippen molar-refractivity contribution in [2.45, 2.75) is 26.7 Å². The van der Waals surface area contributed by atoms with Gasteiger partial charge in [0.1, 0.15) is 5.75 Å². The monoisotopic (exact) mass is 250 g/mol. The number of benzene rings is 1. The van der Waals surface area contributed by atoms with Gasteiger partial charge in [0.15, 0.2) is 0 Å². The zero-order chi connectivity index (χ0) is 13.5. The van der Waals surface area contributed by atoms with Crippen molar-refractivity contribution in [1.29, 1.82) is 0 Å². The first-order valence-electron chi connectivity index (χ1n) is 6.61. The highest BCUT2D eigenvalue weighted by Gasteiger charge is 2.08. The lowest BCUT2D eigenvalue weighted by Gasteiger charge is -2.23. The average Bonchev–Trinajstić information content (AvgIpc) is 2.36. The number of nitrogens with one attached hydrogen (secondary N) is 1. The Bertz CT molecular complexity index is 377. The lowest BCUT2D eigenvalue weighted by atomic mass is 10.1. The Labute approximate surface area is 111 Å². The van der Waals surface area contributed by atoms with Gasteiger partial charge in [-0.1, -0.05) is 0 Å². The maximum Gasteiger partial charge on any atom is 0.122 e. The first kappa shape index (κ1) is 14.8. The van der Waals surface area contributed by atoms with E-state index < -0.39 is 0 Å². The van der Waals surface area contributed by atoms with Crippen LogP contribution in [-0.2, 0) is 0 Å². The molecule has 3 nitrogen and oxygen atoms in total. The minimum absolute atomic E-state index is 0.972. The van der Waals surface area contributed by atoms with E-state index in [9.17, 15) is 0 Å². The summed E-state index contributed by atoms with van der Waals surface area (Å²) in [4.78, 5) is 2.33. The number of methoxy groups -OCH3 is 1. The molecule has 0 aliphatic carbocycles. The Balaban J connectivity index is 2.67. The van der Waals surface area contributed by atoms with Crippen LogP contribution in [0.3, 0.4) is 0 Å². The summed E-state index contributed by atoms with van der Waals surface area (Å²) in [6.07, 6.45) is 2.43. The molecule has 0 saturated carbocycles. The zero-order valence-electron chi connectivity index (χ0n) is 12.3. The van der Waals surface area contributed by atoms with Crippen molar-refractivity contribution in [3.63, 3.8) is 0 Å². The smallest absolute Gasteiger partial charge is 0.122 e. The highest BCUT2D eigenvalue weighted by Crippen LogP contribution is 2.28. The number of nitrogens with zero attached hydrogens (tertiary/aromatic N) is 1. The summed E-state index contributed by atoms with van der Waals surface area (Å²) in [5.41, 5.74) is 3.77. The highest BCUT2D eigenvalue weighted by molar-refractivity contribution is 5.58. The second-order valence-electron chi connectivity index (χ2n) is 4.84. The van der Waals surface area contributed by atoms with Gasteiger partial charge in [-0.15, -0.1) is 0 Å². The molecule has 0 fully saturated rings. The van der Waals surface area contributed by atoms with E-state index in [0.717, 1.165) is 18.8 Å². The van der Waals surface area contributed by atoms with E-state index in [4.69, 9.17) is 4.74 Å². The second kappa shape index (κ2) is 7.27. The van der Waals surface area contributed by atoms with Gasteiger partial charge in [0, 0.05) is 19.3 Å². The number of aryl methyl sites for hydroxylation is 2. The molecular formula is C15H26N2O. The first-order chi connectivity index (χ1) is 8.60. The number of hydrogen-bond donors (Lipinski definition) is 1. The largest absolute Gasteiger partial charge is 0.496 e. The highest BCUT2D eigenvalue weighted by atomic mass is 16.5. The fourth-order valence-electron chi connectivity index (χ4n) is 2.18. The van der Waals surface area contributed by atoms with E-state index in [-0.39, 0.29) is 0 Å². The molecule has 0 aliphatic rings. The van der Waals surface area contributed by atoms with Crippen molar-refractivity contribution in [3.8, 4) is 5.75 Å². The van der Waals surface area contributed by atoms with E-state index in [2.05, 4.69) is 43.2 Å². The van der Waals surface area contributed by atoms with Gasteiger partial charge < -0.3 is 15.0 Å². The Morgan fingerprint density at radius 2 is 1.89 bits per heavy atom. The van der Waals surface area contributed by atoms with Crippen LogP contribution in [0.1, 0.15) is 24.0 Å². The molecule has 0 atom stereocenters. The molecule has 0 heterocycles. The minimum Gasteiger partial charge on any atom is -0.496 e. The minimum atomic E-state index is 0.972. The van der Waals surface area contributed by atoms with Crippen LogP contribution in [0, 0.1) is 13.8 Å². The van der Waals surface area contributed by atoms with Crippen LogP contribution in [0.25, 0.3) is 0 Å². The fraction of sp³-hybridized carbons (Fsp3) is 0.600. The number of anilines is 1. The molecule has 0 unspecified atom stereocenters. The van der Waals surface area contributed by atoms with Crippen molar-refractivity contribution < 1.29 is 4.74 Å². The van der Waals surface area contributed by atoms with Crippen LogP contribution in [0.2, 0.25) is 0 Å². The standard InChI is InChI=1S/C15H26N2O/c1-12-11-15(18-5)13(2)10-14(12)17(4)9-7-6-8-16-3/h10-11,16H,6-9H2,1-5H3. The first-order valence-corrected chi connectivity index (χ1v) is 6.61. The molecule has 1 aromatic rings. The molecule has 1 rings (SSSR count). The van der Waals surface area contributed by atoms with E-state index in [1.807, 2.05) is 7.05 Å². The van der Waals surface area contributed by atoms with E-state index >= 15 is 0 Å². The number of rotatable bonds is 7. The lowest BCUT2D eigenvalue weighted by Crippen LogP contribution is -2.21. The summed E-state index contributed by atoms with van der Waals surface area (Å²) >= 11 is 0. The molecule has 0 aromatic heterocycles. The van der Waals surface area contributed by atoms with Crippen LogP contribution < -0.4 is 15.0 Å². The Morgan fingerprint density at radius 3 is 2.50 bits per heavy atom. The maximum absolute atomic E-state index is 5.35. The average molecular weight is 250 g/mol. The molecule has 0 aliphatic heterocycles. The molecule has 0 saturated heterocycles. The van der Waals surface area contributed by atoms with Crippen molar-refractivity contribution in [3.05, 3.63) is 23.3 Å².